The van der Waals surface area contributed by atoms with Gasteiger partial charge >= 0.3 is 6.03 Å². The van der Waals surface area contributed by atoms with E-state index in [1.54, 1.807) is 0 Å². The number of primary amides is 1. The van der Waals surface area contributed by atoms with Gasteiger partial charge < -0.3 is 11.1 Å². The van der Waals surface area contributed by atoms with E-state index in [1.165, 1.54) is 0 Å². The van der Waals surface area contributed by atoms with Crippen LogP contribution in [0.2, 0.25) is 0 Å². The lowest BCUT2D eigenvalue weighted by molar-refractivity contribution is -0.125. The first kappa shape index (κ1) is 15.9. The third-order valence-electron chi connectivity index (χ3n) is 3.64. The predicted octanol–water partition coefficient (Wildman–Crippen LogP) is 0.281. The molecule has 0 spiro atoms. The predicted molar refractivity (Wildman–Crippen MR) is 74.6 cm³/mol. The van der Waals surface area contributed by atoms with Crippen LogP contribution in [0.1, 0.15) is 33.1 Å². The zero-order valence-electron chi connectivity index (χ0n) is 11.9. The fraction of sp³-hybridized carbons (Fsp3) is 0.846. The molecule has 110 valence electrons. The Morgan fingerprint density at radius 3 is 2.58 bits per heavy atom. The Morgan fingerprint density at radius 1 is 1.42 bits per heavy atom. The Balaban J connectivity index is 2.53. The molecule has 0 aromatic carbocycles. The van der Waals surface area contributed by atoms with Gasteiger partial charge in [-0.1, -0.05) is 6.92 Å². The van der Waals surface area contributed by atoms with Gasteiger partial charge in [0, 0.05) is 6.54 Å². The van der Waals surface area contributed by atoms with Crippen LogP contribution in [0.3, 0.4) is 0 Å². The van der Waals surface area contributed by atoms with Gasteiger partial charge in [0.05, 0.1) is 6.04 Å². The number of nitrogens with one attached hydrogen (secondary N) is 2. The molecule has 1 aliphatic heterocycles. The highest BCUT2D eigenvalue weighted by Gasteiger charge is 2.25. The standard InChI is InChI=1S/C13H26N4O2/c1-3-8-17(9-11-4-6-15-7-5-11)10(2)12(18)16-13(14)19/h10-11,15H,3-9H2,1-2H3,(H3,14,16,18,19). The highest BCUT2D eigenvalue weighted by atomic mass is 16.2. The molecular formula is C13H26N4O2. The van der Waals surface area contributed by atoms with Gasteiger partial charge in [0.2, 0.25) is 5.91 Å². The van der Waals surface area contributed by atoms with E-state index >= 15 is 0 Å². The second kappa shape index (κ2) is 8.12. The quantitative estimate of drug-likeness (QED) is 0.647. The Hall–Kier alpha value is -1.14. The average Bonchev–Trinajstić information content (AvgIpc) is 2.38. The Kier molecular flexibility index (Phi) is 6.80. The summed E-state index contributed by atoms with van der Waals surface area (Å²) in [6, 6.07) is -1.10. The van der Waals surface area contributed by atoms with Crippen molar-refractivity contribution in [1.82, 2.24) is 15.5 Å². The van der Waals surface area contributed by atoms with Crippen molar-refractivity contribution in [1.29, 1.82) is 0 Å². The number of carbonyl (C=O) groups is 2. The smallest absolute Gasteiger partial charge is 0.318 e. The molecule has 0 bridgehead atoms. The Labute approximate surface area is 115 Å². The molecule has 4 N–H and O–H groups in total. The van der Waals surface area contributed by atoms with E-state index in [-0.39, 0.29) is 11.9 Å². The zero-order chi connectivity index (χ0) is 14.3. The van der Waals surface area contributed by atoms with Gasteiger partial charge in [-0.25, -0.2) is 4.79 Å². The van der Waals surface area contributed by atoms with Crippen LogP contribution in [0.25, 0.3) is 0 Å². The number of hydrogen-bond acceptors (Lipinski definition) is 4. The van der Waals surface area contributed by atoms with Crippen molar-refractivity contribution in [2.45, 2.75) is 39.2 Å². The van der Waals surface area contributed by atoms with Crippen molar-refractivity contribution in [2.24, 2.45) is 11.7 Å². The fourth-order valence-corrected chi connectivity index (χ4v) is 2.52. The van der Waals surface area contributed by atoms with Gasteiger partial charge in [-0.2, -0.15) is 0 Å². The largest absolute Gasteiger partial charge is 0.351 e. The van der Waals surface area contributed by atoms with Crippen LogP contribution < -0.4 is 16.4 Å². The van der Waals surface area contributed by atoms with Gasteiger partial charge in [-0.15, -0.1) is 0 Å². The van der Waals surface area contributed by atoms with Gasteiger partial charge in [0.15, 0.2) is 0 Å². The first-order valence-corrected chi connectivity index (χ1v) is 7.09. The molecule has 1 unspecified atom stereocenters. The van der Waals surface area contributed by atoms with Crippen molar-refractivity contribution in [3.8, 4) is 0 Å². The minimum atomic E-state index is -0.782. The van der Waals surface area contributed by atoms with Crippen molar-refractivity contribution in [3.63, 3.8) is 0 Å². The van der Waals surface area contributed by atoms with Crippen LogP contribution in [-0.4, -0.2) is 49.1 Å². The van der Waals surface area contributed by atoms with E-state index in [4.69, 9.17) is 5.73 Å². The first-order valence-electron chi connectivity index (χ1n) is 7.09. The summed E-state index contributed by atoms with van der Waals surface area (Å²) in [5, 5.41) is 5.50. The molecule has 1 heterocycles. The zero-order valence-corrected chi connectivity index (χ0v) is 11.9. The maximum absolute atomic E-state index is 11.8. The molecular weight excluding hydrogens is 244 g/mol. The molecule has 1 atom stereocenters. The van der Waals surface area contributed by atoms with Crippen molar-refractivity contribution >= 4 is 11.9 Å². The Morgan fingerprint density at radius 2 is 2.05 bits per heavy atom. The molecule has 6 nitrogen and oxygen atoms in total. The van der Waals surface area contributed by atoms with Crippen LogP contribution in [-0.2, 0) is 4.79 Å². The number of carbonyl (C=O) groups excluding carboxylic acids is 2. The first-order chi connectivity index (χ1) is 9.04. The second-order valence-electron chi connectivity index (χ2n) is 5.22. The molecule has 19 heavy (non-hydrogen) atoms. The minimum Gasteiger partial charge on any atom is -0.351 e. The summed E-state index contributed by atoms with van der Waals surface area (Å²) < 4.78 is 0. The molecule has 0 saturated carbocycles. The third kappa shape index (κ3) is 5.57. The summed E-state index contributed by atoms with van der Waals surface area (Å²) in [6.45, 7) is 7.78. The van der Waals surface area contributed by atoms with Crippen molar-refractivity contribution in [3.05, 3.63) is 0 Å². The normalized spacial score (nSPS) is 18.3. The molecule has 1 aliphatic rings. The number of nitrogens with two attached hydrogens (primary N) is 1. The summed E-state index contributed by atoms with van der Waals surface area (Å²) in [5.74, 6) is 0.312. The molecule has 0 radical (unpaired) electrons. The lowest BCUT2D eigenvalue weighted by Crippen LogP contribution is -2.50. The number of amides is 3. The maximum atomic E-state index is 11.8. The monoisotopic (exact) mass is 270 g/mol. The summed E-state index contributed by atoms with van der Waals surface area (Å²) in [7, 11) is 0. The third-order valence-corrected chi connectivity index (χ3v) is 3.64. The van der Waals surface area contributed by atoms with E-state index in [0.717, 1.165) is 45.4 Å². The number of nitrogens with zero attached hydrogens (tertiary/aromatic N) is 1. The summed E-state index contributed by atoms with van der Waals surface area (Å²) in [5.41, 5.74) is 4.99. The molecule has 0 aromatic heterocycles. The van der Waals surface area contributed by atoms with Crippen LogP contribution in [0.5, 0.6) is 0 Å². The van der Waals surface area contributed by atoms with Gasteiger partial charge in [-0.3, -0.25) is 15.0 Å². The highest BCUT2D eigenvalue weighted by molar-refractivity contribution is 5.96. The average molecular weight is 270 g/mol. The summed E-state index contributed by atoms with van der Waals surface area (Å²) in [4.78, 5) is 24.7. The Bertz CT molecular complexity index is 303. The van der Waals surface area contributed by atoms with Gasteiger partial charge in [-0.05, 0) is 51.7 Å². The van der Waals surface area contributed by atoms with Crippen molar-refractivity contribution < 1.29 is 9.59 Å². The van der Waals surface area contributed by atoms with E-state index in [0.29, 0.717) is 5.92 Å². The molecule has 0 aliphatic carbocycles. The van der Waals surface area contributed by atoms with Crippen LogP contribution >= 0.6 is 0 Å². The molecule has 1 fully saturated rings. The molecule has 0 aromatic rings. The SMILES string of the molecule is CCCN(CC1CCNCC1)C(C)C(=O)NC(N)=O. The second-order valence-corrected chi connectivity index (χ2v) is 5.22. The van der Waals surface area contributed by atoms with Crippen LogP contribution in [0.4, 0.5) is 4.79 Å². The molecule has 1 rings (SSSR count). The minimum absolute atomic E-state index is 0.310. The van der Waals surface area contributed by atoms with Crippen LogP contribution in [0.15, 0.2) is 0 Å². The number of hydrogen-bond donors (Lipinski definition) is 3. The van der Waals surface area contributed by atoms with Crippen molar-refractivity contribution in [2.75, 3.05) is 26.2 Å². The number of rotatable bonds is 6. The van der Waals surface area contributed by atoms with Gasteiger partial charge in [0.25, 0.3) is 0 Å². The maximum Gasteiger partial charge on any atom is 0.318 e. The molecule has 1 saturated heterocycles. The summed E-state index contributed by atoms with van der Waals surface area (Å²) >= 11 is 0. The number of piperidine rings is 1. The summed E-state index contributed by atoms with van der Waals surface area (Å²) in [6.07, 6.45) is 3.27. The van der Waals surface area contributed by atoms with E-state index in [1.807, 2.05) is 6.92 Å². The van der Waals surface area contributed by atoms with E-state index < -0.39 is 6.03 Å². The van der Waals surface area contributed by atoms with Gasteiger partial charge in [0.1, 0.15) is 0 Å². The number of imide groups is 1. The van der Waals surface area contributed by atoms with Crippen LogP contribution in [0, 0.1) is 5.92 Å². The fourth-order valence-electron chi connectivity index (χ4n) is 2.52. The lowest BCUT2D eigenvalue weighted by atomic mass is 9.97. The van der Waals surface area contributed by atoms with E-state index in [9.17, 15) is 9.59 Å². The van der Waals surface area contributed by atoms with E-state index in [2.05, 4.69) is 22.5 Å². The lowest BCUT2D eigenvalue weighted by Gasteiger charge is -2.33. The molecule has 3 amide bonds. The number of urea groups is 1. The molecule has 6 heteroatoms. The topological polar surface area (TPSA) is 87.5 Å². The highest BCUT2D eigenvalue weighted by Crippen LogP contribution is 2.15.